The summed E-state index contributed by atoms with van der Waals surface area (Å²) in [6.07, 6.45) is -1.36. The van der Waals surface area contributed by atoms with Gasteiger partial charge in [-0.2, -0.15) is 18.3 Å². The van der Waals surface area contributed by atoms with Crippen LogP contribution in [0.5, 0.6) is 0 Å². The van der Waals surface area contributed by atoms with E-state index >= 15 is 0 Å². The van der Waals surface area contributed by atoms with Crippen LogP contribution in [0.4, 0.5) is 18.9 Å². The Morgan fingerprint density at radius 2 is 2.10 bits per heavy atom. The summed E-state index contributed by atoms with van der Waals surface area (Å²) in [6.45, 7) is 0.630. The van der Waals surface area contributed by atoms with Crippen LogP contribution in [0.2, 0.25) is 0 Å². The Kier molecular flexibility index (Phi) is 4.64. The maximum absolute atomic E-state index is 12.5. The highest BCUT2D eigenvalue weighted by atomic mass is 79.9. The molecule has 0 saturated heterocycles. The largest absolute Gasteiger partial charge is 0.416 e. The molecule has 0 amide bonds. The lowest BCUT2D eigenvalue weighted by atomic mass is 10.2. The second-order valence-corrected chi connectivity index (χ2v) is 5.01. The van der Waals surface area contributed by atoms with Gasteiger partial charge in [-0.05, 0) is 40.5 Å². The molecule has 0 atom stereocenters. The molecular weight excluding hydrogens is 337 g/mol. The van der Waals surface area contributed by atoms with Gasteiger partial charge in [-0.15, -0.1) is 0 Å². The van der Waals surface area contributed by atoms with Crippen molar-refractivity contribution in [3.05, 3.63) is 40.4 Å². The van der Waals surface area contributed by atoms with Crippen LogP contribution in [0.25, 0.3) is 0 Å². The van der Waals surface area contributed by atoms with E-state index in [4.69, 9.17) is 0 Å². The lowest BCUT2D eigenvalue weighted by molar-refractivity contribution is -0.137. The summed E-state index contributed by atoms with van der Waals surface area (Å²) in [7, 11) is 0. The van der Waals surface area contributed by atoms with Crippen molar-refractivity contribution in [2.24, 2.45) is 0 Å². The molecule has 0 bridgehead atoms. The van der Waals surface area contributed by atoms with Gasteiger partial charge in [0.15, 0.2) is 0 Å². The van der Waals surface area contributed by atoms with Gasteiger partial charge in [0.2, 0.25) is 0 Å². The molecule has 0 radical (unpaired) electrons. The third kappa shape index (κ3) is 3.96. The highest BCUT2D eigenvalue weighted by Gasteiger charge is 2.30. The Morgan fingerprint density at radius 1 is 1.30 bits per heavy atom. The molecule has 2 rings (SSSR count). The third-order valence-electron chi connectivity index (χ3n) is 2.67. The van der Waals surface area contributed by atoms with Gasteiger partial charge in [-0.1, -0.05) is 0 Å². The van der Waals surface area contributed by atoms with Gasteiger partial charge in [-0.3, -0.25) is 5.10 Å². The number of aromatic nitrogens is 3. The van der Waals surface area contributed by atoms with Crippen molar-refractivity contribution < 1.29 is 13.2 Å². The fourth-order valence-corrected chi connectivity index (χ4v) is 2.18. The van der Waals surface area contributed by atoms with Gasteiger partial charge >= 0.3 is 6.18 Å². The van der Waals surface area contributed by atoms with E-state index in [1.165, 1.54) is 12.4 Å². The second kappa shape index (κ2) is 6.25. The zero-order valence-electron chi connectivity index (χ0n) is 10.3. The van der Waals surface area contributed by atoms with Crippen LogP contribution in [0, 0.1) is 0 Å². The van der Waals surface area contributed by atoms with Gasteiger partial charge in [0.05, 0.1) is 5.56 Å². The molecule has 2 aromatic rings. The van der Waals surface area contributed by atoms with Gasteiger partial charge in [0, 0.05) is 23.1 Å². The maximum atomic E-state index is 12.5. The van der Waals surface area contributed by atoms with Crippen LogP contribution < -0.4 is 5.32 Å². The summed E-state index contributed by atoms with van der Waals surface area (Å²) < 4.78 is 37.9. The van der Waals surface area contributed by atoms with Crippen LogP contribution in [0.3, 0.4) is 0 Å². The van der Waals surface area contributed by atoms with Crippen molar-refractivity contribution >= 4 is 21.6 Å². The molecule has 0 fully saturated rings. The second-order valence-electron chi connectivity index (χ2n) is 4.15. The average Bonchev–Trinajstić information content (AvgIpc) is 2.88. The maximum Gasteiger partial charge on any atom is 0.416 e. The Balaban J connectivity index is 1.87. The van der Waals surface area contributed by atoms with Gasteiger partial charge < -0.3 is 5.32 Å². The number of halogens is 4. The number of aryl methyl sites for hydroxylation is 1. The lowest BCUT2D eigenvalue weighted by Gasteiger charge is -2.11. The van der Waals surface area contributed by atoms with Gasteiger partial charge in [0.25, 0.3) is 0 Å². The predicted molar refractivity (Wildman–Crippen MR) is 72.3 cm³/mol. The quantitative estimate of drug-likeness (QED) is 0.811. The van der Waals surface area contributed by atoms with Gasteiger partial charge in [-0.25, -0.2) is 4.98 Å². The first-order valence-electron chi connectivity index (χ1n) is 5.91. The van der Waals surface area contributed by atoms with E-state index in [1.54, 1.807) is 0 Å². The number of alkyl halides is 3. The van der Waals surface area contributed by atoms with Crippen LogP contribution in [0.1, 0.15) is 17.8 Å². The molecule has 0 aliphatic heterocycles. The SMILES string of the molecule is FC(F)(F)c1ccc(NCCCc2ncn[nH]2)c(Br)c1. The van der Waals surface area contributed by atoms with E-state index in [1.807, 2.05) is 0 Å². The summed E-state index contributed by atoms with van der Waals surface area (Å²) in [5, 5.41) is 9.56. The van der Waals surface area contributed by atoms with E-state index in [0.717, 1.165) is 30.8 Å². The summed E-state index contributed by atoms with van der Waals surface area (Å²) in [6, 6.07) is 3.55. The highest BCUT2D eigenvalue weighted by Crippen LogP contribution is 2.33. The first kappa shape index (κ1) is 14.8. The fourth-order valence-electron chi connectivity index (χ4n) is 1.66. The highest BCUT2D eigenvalue weighted by molar-refractivity contribution is 9.10. The number of aromatic amines is 1. The molecule has 0 saturated carbocycles. The van der Waals surface area contributed by atoms with Crippen molar-refractivity contribution in [3.8, 4) is 0 Å². The minimum absolute atomic E-state index is 0.395. The Bertz CT molecular complexity index is 554. The number of anilines is 1. The zero-order valence-corrected chi connectivity index (χ0v) is 11.9. The number of hydrogen-bond acceptors (Lipinski definition) is 3. The molecule has 20 heavy (non-hydrogen) atoms. The predicted octanol–water partition coefficient (Wildman–Crippen LogP) is 3.63. The molecule has 1 aromatic heterocycles. The molecule has 0 spiro atoms. The molecular formula is C12H12BrF3N4. The summed E-state index contributed by atoms with van der Waals surface area (Å²) in [4.78, 5) is 3.99. The molecule has 1 heterocycles. The normalized spacial score (nSPS) is 11.6. The number of nitrogens with zero attached hydrogens (tertiary/aromatic N) is 2. The number of hydrogen-bond donors (Lipinski definition) is 2. The van der Waals surface area contributed by atoms with Crippen molar-refractivity contribution in [2.45, 2.75) is 19.0 Å². The van der Waals surface area contributed by atoms with Crippen molar-refractivity contribution in [1.29, 1.82) is 0 Å². The zero-order chi connectivity index (χ0) is 14.6. The fraction of sp³-hybridized carbons (Fsp3) is 0.333. The van der Waals surface area contributed by atoms with Crippen LogP contribution in [-0.2, 0) is 12.6 Å². The van der Waals surface area contributed by atoms with Crippen molar-refractivity contribution in [3.63, 3.8) is 0 Å². The molecule has 108 valence electrons. The number of nitrogens with one attached hydrogen (secondary N) is 2. The first-order chi connectivity index (χ1) is 9.47. The Morgan fingerprint density at radius 3 is 2.70 bits per heavy atom. The van der Waals surface area contributed by atoms with Crippen LogP contribution >= 0.6 is 15.9 Å². The molecule has 8 heteroatoms. The van der Waals surface area contributed by atoms with E-state index in [2.05, 4.69) is 36.4 Å². The molecule has 0 aliphatic rings. The number of rotatable bonds is 5. The minimum atomic E-state index is -4.33. The van der Waals surface area contributed by atoms with E-state index in [-0.39, 0.29) is 0 Å². The Labute approximate surface area is 121 Å². The topological polar surface area (TPSA) is 53.6 Å². The average molecular weight is 349 g/mol. The number of benzene rings is 1. The van der Waals surface area contributed by atoms with E-state index < -0.39 is 11.7 Å². The van der Waals surface area contributed by atoms with Crippen LogP contribution in [-0.4, -0.2) is 21.7 Å². The summed E-state index contributed by atoms with van der Waals surface area (Å²) in [5.41, 5.74) is -0.0350. The molecule has 4 nitrogen and oxygen atoms in total. The monoisotopic (exact) mass is 348 g/mol. The molecule has 2 N–H and O–H groups in total. The third-order valence-corrected chi connectivity index (χ3v) is 3.32. The first-order valence-corrected chi connectivity index (χ1v) is 6.71. The smallest absolute Gasteiger partial charge is 0.384 e. The van der Waals surface area contributed by atoms with Gasteiger partial charge in [0.1, 0.15) is 12.2 Å². The summed E-state index contributed by atoms with van der Waals surface area (Å²) >= 11 is 3.14. The van der Waals surface area contributed by atoms with Crippen molar-refractivity contribution in [2.75, 3.05) is 11.9 Å². The summed E-state index contributed by atoms with van der Waals surface area (Å²) in [5.74, 6) is 0.790. The molecule has 0 aliphatic carbocycles. The van der Waals surface area contributed by atoms with E-state index in [0.29, 0.717) is 16.7 Å². The van der Waals surface area contributed by atoms with Crippen molar-refractivity contribution in [1.82, 2.24) is 15.2 Å². The minimum Gasteiger partial charge on any atom is -0.384 e. The standard InChI is InChI=1S/C12H12BrF3N4/c13-9-6-8(12(14,15)16)3-4-10(9)17-5-1-2-11-18-7-19-20-11/h3-4,6-7,17H,1-2,5H2,(H,18,19,20). The number of H-pyrrole nitrogens is 1. The molecule has 0 unspecified atom stereocenters. The lowest BCUT2D eigenvalue weighted by Crippen LogP contribution is -2.07. The van der Waals surface area contributed by atoms with E-state index in [9.17, 15) is 13.2 Å². The van der Waals surface area contributed by atoms with Crippen LogP contribution in [0.15, 0.2) is 29.0 Å². The molecule has 1 aromatic carbocycles. The Hall–Kier alpha value is -1.57.